The van der Waals surface area contributed by atoms with Crippen LogP contribution in [0.25, 0.3) is 10.9 Å². The number of hydrogen-bond acceptors (Lipinski definition) is 0. The maximum atomic E-state index is 6.47. The van der Waals surface area contributed by atoms with Gasteiger partial charge in [-0.05, 0) is 23.1 Å². The van der Waals surface area contributed by atoms with E-state index in [-0.39, 0.29) is 5.38 Å². The normalized spacial score (nSPS) is 12.8. The quantitative estimate of drug-likeness (QED) is 0.636. The van der Waals surface area contributed by atoms with Gasteiger partial charge in [-0.15, -0.1) is 11.6 Å². The summed E-state index contributed by atoms with van der Waals surface area (Å²) in [5, 5.41) is 1.08. The molecule has 3 rings (SSSR count). The van der Waals surface area contributed by atoms with Crippen molar-refractivity contribution in [2.45, 2.75) is 5.38 Å². The summed E-state index contributed by atoms with van der Waals surface area (Å²) in [6.45, 7) is 0. The van der Waals surface area contributed by atoms with Gasteiger partial charge in [-0.1, -0.05) is 48.5 Å². The average Bonchev–Trinajstić information content (AvgIpc) is 2.82. The third kappa shape index (κ3) is 1.94. The van der Waals surface area contributed by atoms with Crippen molar-refractivity contribution in [3.63, 3.8) is 0 Å². The molecule has 0 spiro atoms. The van der Waals surface area contributed by atoms with Crippen LogP contribution in [0.15, 0.2) is 60.7 Å². The first kappa shape index (κ1) is 10.4. The molecule has 17 heavy (non-hydrogen) atoms. The molecule has 0 saturated heterocycles. The van der Waals surface area contributed by atoms with Gasteiger partial charge in [0.15, 0.2) is 0 Å². The SMILES string of the molecule is ClC(c1ccccc1)c1cc2ccccc2[nH]1. The number of halogens is 1. The van der Waals surface area contributed by atoms with Gasteiger partial charge in [-0.2, -0.15) is 0 Å². The predicted octanol–water partition coefficient (Wildman–Crippen LogP) is 4.50. The van der Waals surface area contributed by atoms with Crippen LogP contribution in [0.5, 0.6) is 0 Å². The molecule has 1 heterocycles. The van der Waals surface area contributed by atoms with E-state index in [9.17, 15) is 0 Å². The molecule has 0 fully saturated rings. The summed E-state index contributed by atoms with van der Waals surface area (Å²) in [4.78, 5) is 3.36. The Bertz CT molecular complexity index is 594. The van der Waals surface area contributed by atoms with Gasteiger partial charge in [-0.25, -0.2) is 0 Å². The van der Waals surface area contributed by atoms with Gasteiger partial charge in [-0.3, -0.25) is 0 Å². The molecule has 2 heteroatoms. The van der Waals surface area contributed by atoms with E-state index in [2.05, 4.69) is 23.2 Å². The molecule has 0 amide bonds. The van der Waals surface area contributed by atoms with E-state index < -0.39 is 0 Å². The number of hydrogen-bond donors (Lipinski definition) is 1. The van der Waals surface area contributed by atoms with E-state index in [1.54, 1.807) is 0 Å². The van der Waals surface area contributed by atoms with E-state index >= 15 is 0 Å². The van der Waals surface area contributed by atoms with Crippen LogP contribution in [0.4, 0.5) is 0 Å². The Kier molecular flexibility index (Phi) is 2.62. The maximum Gasteiger partial charge on any atom is 0.0984 e. The minimum atomic E-state index is -0.122. The van der Waals surface area contributed by atoms with E-state index in [1.165, 1.54) is 5.39 Å². The predicted molar refractivity (Wildman–Crippen MR) is 72.4 cm³/mol. The van der Waals surface area contributed by atoms with Crippen LogP contribution in [0.2, 0.25) is 0 Å². The van der Waals surface area contributed by atoms with Gasteiger partial charge in [0.2, 0.25) is 0 Å². The lowest BCUT2D eigenvalue weighted by Gasteiger charge is -2.07. The standard InChI is InChI=1S/C15H12ClN/c16-15(11-6-2-1-3-7-11)14-10-12-8-4-5-9-13(12)17-14/h1-10,15,17H. The second-order valence-electron chi connectivity index (χ2n) is 4.09. The summed E-state index contributed by atoms with van der Waals surface area (Å²) < 4.78 is 0. The number of benzene rings is 2. The fraction of sp³-hybridized carbons (Fsp3) is 0.0667. The molecule has 1 N–H and O–H groups in total. The van der Waals surface area contributed by atoms with Crippen molar-refractivity contribution in [3.05, 3.63) is 71.9 Å². The molecule has 0 radical (unpaired) electrons. The van der Waals surface area contributed by atoms with Gasteiger partial charge in [0.1, 0.15) is 0 Å². The lowest BCUT2D eigenvalue weighted by Crippen LogP contribution is -1.92. The first-order valence-electron chi connectivity index (χ1n) is 5.61. The van der Waals surface area contributed by atoms with Crippen LogP contribution in [0.3, 0.4) is 0 Å². The number of alkyl halides is 1. The Morgan fingerprint density at radius 3 is 2.35 bits per heavy atom. The molecule has 84 valence electrons. The summed E-state index contributed by atoms with van der Waals surface area (Å²) >= 11 is 6.47. The Balaban J connectivity index is 2.04. The monoisotopic (exact) mass is 241 g/mol. The summed E-state index contributed by atoms with van der Waals surface area (Å²) in [7, 11) is 0. The summed E-state index contributed by atoms with van der Waals surface area (Å²) in [6.07, 6.45) is 0. The molecule has 1 aromatic heterocycles. The Labute approximate surface area is 105 Å². The number of aromatic amines is 1. The molecule has 0 aliphatic carbocycles. The first-order valence-corrected chi connectivity index (χ1v) is 6.05. The Morgan fingerprint density at radius 2 is 1.59 bits per heavy atom. The van der Waals surface area contributed by atoms with Gasteiger partial charge in [0.25, 0.3) is 0 Å². The highest BCUT2D eigenvalue weighted by Gasteiger charge is 2.12. The zero-order chi connectivity index (χ0) is 11.7. The largest absolute Gasteiger partial charge is 0.357 e. The summed E-state index contributed by atoms with van der Waals surface area (Å²) in [5.74, 6) is 0. The highest BCUT2D eigenvalue weighted by Crippen LogP contribution is 2.30. The Morgan fingerprint density at radius 1 is 0.882 bits per heavy atom. The van der Waals surface area contributed by atoms with Gasteiger partial charge >= 0.3 is 0 Å². The second-order valence-corrected chi connectivity index (χ2v) is 4.52. The van der Waals surface area contributed by atoms with Crippen LogP contribution in [0.1, 0.15) is 16.6 Å². The van der Waals surface area contributed by atoms with Crippen molar-refractivity contribution >= 4 is 22.5 Å². The van der Waals surface area contributed by atoms with Crippen LogP contribution < -0.4 is 0 Å². The minimum absolute atomic E-state index is 0.122. The second kappa shape index (κ2) is 4.27. The highest BCUT2D eigenvalue weighted by atomic mass is 35.5. The average molecular weight is 242 g/mol. The Hall–Kier alpha value is -1.73. The molecule has 0 aliphatic rings. The van der Waals surface area contributed by atoms with E-state index in [0.29, 0.717) is 0 Å². The molecular weight excluding hydrogens is 230 g/mol. The molecule has 1 atom stereocenters. The fourth-order valence-electron chi connectivity index (χ4n) is 2.03. The van der Waals surface area contributed by atoms with Gasteiger partial charge in [0, 0.05) is 11.2 Å². The van der Waals surface area contributed by atoms with E-state index in [0.717, 1.165) is 16.8 Å². The van der Waals surface area contributed by atoms with Gasteiger partial charge in [0.05, 0.1) is 5.38 Å². The van der Waals surface area contributed by atoms with E-state index in [1.807, 2.05) is 42.5 Å². The molecule has 3 aromatic rings. The van der Waals surface area contributed by atoms with Crippen molar-refractivity contribution in [2.24, 2.45) is 0 Å². The minimum Gasteiger partial charge on any atom is -0.357 e. The molecular formula is C15H12ClN. The lowest BCUT2D eigenvalue weighted by atomic mass is 10.1. The third-order valence-electron chi connectivity index (χ3n) is 2.92. The van der Waals surface area contributed by atoms with Crippen molar-refractivity contribution in [2.75, 3.05) is 0 Å². The van der Waals surface area contributed by atoms with Crippen LogP contribution >= 0.6 is 11.6 Å². The highest BCUT2D eigenvalue weighted by molar-refractivity contribution is 6.22. The summed E-state index contributed by atoms with van der Waals surface area (Å²) in [5.41, 5.74) is 3.28. The topological polar surface area (TPSA) is 15.8 Å². The van der Waals surface area contributed by atoms with Crippen LogP contribution in [0, 0.1) is 0 Å². The number of nitrogens with one attached hydrogen (secondary N) is 1. The van der Waals surface area contributed by atoms with Gasteiger partial charge < -0.3 is 4.98 Å². The number of fused-ring (bicyclic) bond motifs is 1. The number of para-hydroxylation sites is 1. The number of H-pyrrole nitrogens is 1. The van der Waals surface area contributed by atoms with Crippen molar-refractivity contribution in [1.29, 1.82) is 0 Å². The van der Waals surface area contributed by atoms with E-state index in [4.69, 9.17) is 11.6 Å². The van der Waals surface area contributed by atoms with Crippen LogP contribution in [-0.2, 0) is 0 Å². The molecule has 2 aromatic carbocycles. The summed E-state index contributed by atoms with van der Waals surface area (Å²) in [6, 6.07) is 20.4. The first-order chi connectivity index (χ1) is 8.34. The molecule has 0 saturated carbocycles. The molecule has 1 nitrogen and oxygen atoms in total. The third-order valence-corrected chi connectivity index (χ3v) is 3.40. The van der Waals surface area contributed by atoms with Crippen molar-refractivity contribution in [1.82, 2.24) is 4.98 Å². The van der Waals surface area contributed by atoms with Crippen molar-refractivity contribution in [3.8, 4) is 0 Å². The molecule has 0 bridgehead atoms. The van der Waals surface area contributed by atoms with Crippen LogP contribution in [-0.4, -0.2) is 4.98 Å². The zero-order valence-electron chi connectivity index (χ0n) is 9.23. The fourth-order valence-corrected chi connectivity index (χ4v) is 2.30. The maximum absolute atomic E-state index is 6.47. The molecule has 1 unspecified atom stereocenters. The molecule has 0 aliphatic heterocycles. The lowest BCUT2D eigenvalue weighted by molar-refractivity contribution is 1.08. The smallest absolute Gasteiger partial charge is 0.0984 e. The zero-order valence-corrected chi connectivity index (χ0v) is 9.98. The van der Waals surface area contributed by atoms with Crippen molar-refractivity contribution < 1.29 is 0 Å². The number of rotatable bonds is 2. The number of aromatic nitrogens is 1.